The molecule has 0 saturated carbocycles. The van der Waals surface area contributed by atoms with Crippen LogP contribution in [0.4, 0.5) is 0 Å². The Balaban J connectivity index is 2.39. The van der Waals surface area contributed by atoms with Crippen molar-refractivity contribution in [1.82, 2.24) is 10.3 Å². The van der Waals surface area contributed by atoms with E-state index in [9.17, 15) is 9.59 Å². The van der Waals surface area contributed by atoms with Crippen LogP contribution in [0.1, 0.15) is 48.6 Å². The van der Waals surface area contributed by atoms with Gasteiger partial charge in [-0.3, -0.25) is 4.79 Å². The Kier molecular flexibility index (Phi) is 5.77. The Morgan fingerprint density at radius 2 is 2.28 bits per heavy atom. The van der Waals surface area contributed by atoms with E-state index < -0.39 is 5.97 Å². The lowest BCUT2D eigenvalue weighted by molar-refractivity contribution is -0.124. The van der Waals surface area contributed by atoms with Crippen molar-refractivity contribution in [3.05, 3.63) is 16.1 Å². The Labute approximate surface area is 110 Å². The molecule has 1 aromatic heterocycles. The van der Waals surface area contributed by atoms with Crippen LogP contribution in [0.5, 0.6) is 0 Å². The quantitative estimate of drug-likeness (QED) is 0.796. The molecular weight excluding hydrogens is 252 g/mol. The highest BCUT2D eigenvalue weighted by Crippen LogP contribution is 2.11. The van der Waals surface area contributed by atoms with Crippen LogP contribution in [0.2, 0.25) is 0 Å². The van der Waals surface area contributed by atoms with E-state index in [2.05, 4.69) is 17.2 Å². The van der Waals surface area contributed by atoms with E-state index in [0.717, 1.165) is 19.3 Å². The minimum absolute atomic E-state index is 0.00414. The molecular formula is C12H18N2O3S. The molecule has 2 N–H and O–H groups in total. The number of unbranched alkanes of at least 4 members (excludes halogenated alkanes) is 1. The molecule has 0 spiro atoms. The summed E-state index contributed by atoms with van der Waals surface area (Å²) in [7, 11) is 0. The lowest BCUT2D eigenvalue weighted by Gasteiger charge is -2.10. The normalized spacial score (nSPS) is 12.1. The summed E-state index contributed by atoms with van der Waals surface area (Å²) in [5.74, 6) is -1.06. The van der Waals surface area contributed by atoms with Crippen molar-refractivity contribution in [1.29, 1.82) is 0 Å². The average Bonchev–Trinajstić information content (AvgIpc) is 2.81. The summed E-state index contributed by atoms with van der Waals surface area (Å²) in [6.07, 6.45) is 2.99. The fourth-order valence-corrected chi connectivity index (χ4v) is 2.18. The Morgan fingerprint density at radius 1 is 1.56 bits per heavy atom. The van der Waals surface area contributed by atoms with E-state index in [4.69, 9.17) is 5.11 Å². The van der Waals surface area contributed by atoms with Gasteiger partial charge in [0.15, 0.2) is 5.69 Å². The topological polar surface area (TPSA) is 79.3 Å². The Bertz CT molecular complexity index is 417. The summed E-state index contributed by atoms with van der Waals surface area (Å²) in [5.41, 5.74) is 0.0308. The molecule has 18 heavy (non-hydrogen) atoms. The molecule has 0 aromatic carbocycles. The number of carbonyl (C=O) groups is 2. The van der Waals surface area contributed by atoms with Gasteiger partial charge in [-0.2, -0.15) is 0 Å². The highest BCUT2D eigenvalue weighted by Gasteiger charge is 2.13. The lowest BCUT2D eigenvalue weighted by atomic mass is 10.0. The summed E-state index contributed by atoms with van der Waals surface area (Å²) in [6.45, 7) is 4.29. The van der Waals surface area contributed by atoms with Crippen LogP contribution in [-0.2, 0) is 11.3 Å². The standard InChI is InChI=1S/C12H18N2O3S/c1-3-4-5-8(2)11(15)13-6-10-14-9(7-18-10)12(16)17/h7-8H,3-6H2,1-2H3,(H,13,15)(H,16,17). The highest BCUT2D eigenvalue weighted by atomic mass is 32.1. The fraction of sp³-hybridized carbons (Fsp3) is 0.583. The van der Waals surface area contributed by atoms with E-state index in [-0.39, 0.29) is 17.5 Å². The zero-order valence-electron chi connectivity index (χ0n) is 10.6. The Hall–Kier alpha value is -1.43. The number of hydrogen-bond acceptors (Lipinski definition) is 4. The Morgan fingerprint density at radius 3 is 2.83 bits per heavy atom. The molecule has 0 aliphatic rings. The number of hydrogen-bond donors (Lipinski definition) is 2. The van der Waals surface area contributed by atoms with Gasteiger partial charge >= 0.3 is 5.97 Å². The minimum atomic E-state index is -1.04. The molecule has 0 saturated heterocycles. The van der Waals surface area contributed by atoms with Crippen molar-refractivity contribution >= 4 is 23.2 Å². The van der Waals surface area contributed by atoms with Gasteiger partial charge in [0.05, 0.1) is 6.54 Å². The second-order valence-electron chi connectivity index (χ2n) is 4.19. The van der Waals surface area contributed by atoms with Gasteiger partial charge in [-0.25, -0.2) is 9.78 Å². The van der Waals surface area contributed by atoms with E-state index >= 15 is 0 Å². The maximum Gasteiger partial charge on any atom is 0.355 e. The number of carbonyl (C=O) groups excluding carboxylic acids is 1. The fourth-order valence-electron chi connectivity index (χ4n) is 1.47. The molecule has 0 aliphatic heterocycles. The van der Waals surface area contributed by atoms with Gasteiger partial charge in [0.1, 0.15) is 5.01 Å². The zero-order chi connectivity index (χ0) is 13.5. The number of aromatic nitrogens is 1. The molecule has 0 aliphatic carbocycles. The highest BCUT2D eigenvalue weighted by molar-refractivity contribution is 7.09. The number of thiazole rings is 1. The summed E-state index contributed by atoms with van der Waals surface area (Å²) < 4.78 is 0. The van der Waals surface area contributed by atoms with Crippen molar-refractivity contribution < 1.29 is 14.7 Å². The van der Waals surface area contributed by atoms with Gasteiger partial charge in [-0.05, 0) is 6.42 Å². The molecule has 0 radical (unpaired) electrons. The summed E-state index contributed by atoms with van der Waals surface area (Å²) in [4.78, 5) is 26.3. The summed E-state index contributed by atoms with van der Waals surface area (Å²) >= 11 is 1.24. The van der Waals surface area contributed by atoms with Crippen LogP contribution >= 0.6 is 11.3 Å². The minimum Gasteiger partial charge on any atom is -0.476 e. The number of aromatic carboxylic acids is 1. The molecule has 1 unspecified atom stereocenters. The van der Waals surface area contributed by atoms with E-state index in [1.807, 2.05) is 6.92 Å². The predicted molar refractivity (Wildman–Crippen MR) is 69.6 cm³/mol. The van der Waals surface area contributed by atoms with Crippen LogP contribution < -0.4 is 5.32 Å². The number of carboxylic acids is 1. The first-order valence-electron chi connectivity index (χ1n) is 6.00. The first-order chi connectivity index (χ1) is 8.54. The maximum atomic E-state index is 11.7. The van der Waals surface area contributed by atoms with Crippen LogP contribution in [-0.4, -0.2) is 22.0 Å². The molecule has 0 fully saturated rings. The van der Waals surface area contributed by atoms with Crippen molar-refractivity contribution in [3.63, 3.8) is 0 Å². The molecule has 1 heterocycles. The van der Waals surface area contributed by atoms with Crippen molar-refractivity contribution in [2.24, 2.45) is 5.92 Å². The molecule has 6 heteroatoms. The monoisotopic (exact) mass is 270 g/mol. The third kappa shape index (κ3) is 4.44. The van der Waals surface area contributed by atoms with Crippen LogP contribution in [0.3, 0.4) is 0 Å². The average molecular weight is 270 g/mol. The second-order valence-corrected chi connectivity index (χ2v) is 5.14. The summed E-state index contributed by atoms with van der Waals surface area (Å²) in [6, 6.07) is 0. The van der Waals surface area contributed by atoms with Gasteiger partial charge in [-0.15, -0.1) is 11.3 Å². The molecule has 100 valence electrons. The summed E-state index contributed by atoms with van der Waals surface area (Å²) in [5, 5.41) is 13.6. The van der Waals surface area contributed by atoms with E-state index in [1.165, 1.54) is 16.7 Å². The molecule has 1 amide bonds. The first kappa shape index (κ1) is 14.6. The van der Waals surface area contributed by atoms with Gasteiger partial charge in [0, 0.05) is 11.3 Å². The lowest BCUT2D eigenvalue weighted by Crippen LogP contribution is -2.28. The molecule has 0 bridgehead atoms. The maximum absolute atomic E-state index is 11.7. The molecule has 1 aromatic rings. The third-order valence-electron chi connectivity index (χ3n) is 2.62. The van der Waals surface area contributed by atoms with Gasteiger partial charge < -0.3 is 10.4 Å². The second kappa shape index (κ2) is 7.10. The van der Waals surface area contributed by atoms with Crippen LogP contribution in [0, 0.1) is 5.92 Å². The molecule has 1 rings (SSSR count). The molecule has 1 atom stereocenters. The van der Waals surface area contributed by atoms with Crippen LogP contribution in [0.15, 0.2) is 5.38 Å². The number of nitrogens with one attached hydrogen (secondary N) is 1. The SMILES string of the molecule is CCCCC(C)C(=O)NCc1nc(C(=O)O)cs1. The van der Waals surface area contributed by atoms with E-state index in [1.54, 1.807) is 0 Å². The van der Waals surface area contributed by atoms with Gasteiger partial charge in [0.2, 0.25) is 5.91 Å². The van der Waals surface area contributed by atoms with Crippen LogP contribution in [0.25, 0.3) is 0 Å². The molecule has 5 nitrogen and oxygen atoms in total. The first-order valence-corrected chi connectivity index (χ1v) is 6.88. The van der Waals surface area contributed by atoms with E-state index in [0.29, 0.717) is 11.6 Å². The largest absolute Gasteiger partial charge is 0.476 e. The van der Waals surface area contributed by atoms with Crippen molar-refractivity contribution in [2.75, 3.05) is 0 Å². The number of carboxylic acid groups (broad SMARTS) is 1. The number of rotatable bonds is 7. The van der Waals surface area contributed by atoms with Gasteiger partial charge in [-0.1, -0.05) is 26.7 Å². The smallest absolute Gasteiger partial charge is 0.355 e. The van der Waals surface area contributed by atoms with Crippen molar-refractivity contribution in [2.45, 2.75) is 39.7 Å². The predicted octanol–water partition coefficient (Wildman–Crippen LogP) is 2.28. The number of nitrogens with zero attached hydrogens (tertiary/aromatic N) is 1. The van der Waals surface area contributed by atoms with Gasteiger partial charge in [0.25, 0.3) is 0 Å². The third-order valence-corrected chi connectivity index (χ3v) is 3.47. The van der Waals surface area contributed by atoms with Crippen molar-refractivity contribution in [3.8, 4) is 0 Å². The zero-order valence-corrected chi connectivity index (χ0v) is 11.4. The number of amides is 1.